The van der Waals surface area contributed by atoms with Gasteiger partial charge in [0.15, 0.2) is 0 Å². The van der Waals surface area contributed by atoms with Gasteiger partial charge in [0.25, 0.3) is 5.91 Å². The Morgan fingerprint density at radius 3 is 2.56 bits per heavy atom. The van der Waals surface area contributed by atoms with Crippen molar-refractivity contribution < 1.29 is 23.5 Å². The van der Waals surface area contributed by atoms with Crippen LogP contribution in [0.2, 0.25) is 0 Å². The lowest BCUT2D eigenvalue weighted by atomic mass is 10.0. The molecule has 1 N–H and O–H groups in total. The number of nitrogens with one attached hydrogen (secondary N) is 1. The molecular weight excluding hydrogens is 352 g/mol. The van der Waals surface area contributed by atoms with Crippen molar-refractivity contribution in [2.45, 2.75) is 39.8 Å². The molecule has 0 bridgehead atoms. The van der Waals surface area contributed by atoms with Crippen molar-refractivity contribution in [3.8, 4) is 0 Å². The molecule has 0 unspecified atom stereocenters. The zero-order chi connectivity index (χ0) is 19.9. The number of amides is 3. The summed E-state index contributed by atoms with van der Waals surface area (Å²) in [6, 6.07) is 4.31. The van der Waals surface area contributed by atoms with Gasteiger partial charge >= 0.3 is 17.6 Å². The summed E-state index contributed by atoms with van der Waals surface area (Å²) in [6.45, 7) is 6.19. The number of hydrogen-bond donors (Lipinski definition) is 1. The van der Waals surface area contributed by atoms with Crippen LogP contribution in [0.4, 0.5) is 4.79 Å². The zero-order valence-electron chi connectivity index (χ0n) is 15.5. The van der Waals surface area contributed by atoms with E-state index >= 15 is 0 Å². The van der Waals surface area contributed by atoms with Gasteiger partial charge in [-0.2, -0.15) is 0 Å². The topological polar surface area (TPSA) is 106 Å². The molecule has 1 aromatic carbocycles. The molecule has 3 rings (SSSR count). The number of nitrogens with zero attached hydrogens (tertiary/aromatic N) is 1. The standard InChI is InChI=1S/C19H20N2O6/c1-10-5-6-13-12(7-14(22)27-16(13)11(10)2)9-26-15(23)8-21-17(24)19(3,4)20-18(21)25/h5-7H,8-9H2,1-4H3,(H,20,25). The maximum Gasteiger partial charge on any atom is 0.336 e. The molecule has 8 nitrogen and oxygen atoms in total. The molecule has 3 amide bonds. The van der Waals surface area contributed by atoms with Crippen molar-refractivity contribution >= 4 is 28.9 Å². The number of benzene rings is 1. The van der Waals surface area contributed by atoms with Crippen LogP contribution in [0.25, 0.3) is 11.0 Å². The van der Waals surface area contributed by atoms with Crippen LogP contribution in [-0.2, 0) is 20.9 Å². The number of ether oxygens (including phenoxy) is 1. The lowest BCUT2D eigenvalue weighted by molar-refractivity contribution is -0.148. The van der Waals surface area contributed by atoms with E-state index in [0.29, 0.717) is 16.5 Å². The van der Waals surface area contributed by atoms with Crippen LogP contribution < -0.4 is 10.9 Å². The molecule has 0 saturated carbocycles. The molecule has 0 atom stereocenters. The Morgan fingerprint density at radius 2 is 1.93 bits per heavy atom. The van der Waals surface area contributed by atoms with E-state index in [-0.39, 0.29) is 6.61 Å². The highest BCUT2D eigenvalue weighted by molar-refractivity contribution is 6.08. The molecule has 0 spiro atoms. The molecule has 1 aliphatic rings. The third kappa shape index (κ3) is 3.42. The smallest absolute Gasteiger partial charge is 0.336 e. The summed E-state index contributed by atoms with van der Waals surface area (Å²) in [6.07, 6.45) is 0. The van der Waals surface area contributed by atoms with Crippen molar-refractivity contribution in [2.75, 3.05) is 6.54 Å². The molecular formula is C19H20N2O6. The van der Waals surface area contributed by atoms with Gasteiger partial charge in [0, 0.05) is 17.0 Å². The van der Waals surface area contributed by atoms with Crippen molar-refractivity contribution in [3.63, 3.8) is 0 Å². The Hall–Kier alpha value is -3.16. The van der Waals surface area contributed by atoms with Gasteiger partial charge in [0.1, 0.15) is 24.3 Å². The number of carbonyl (C=O) groups excluding carboxylic acids is 3. The molecule has 0 radical (unpaired) electrons. The second-order valence-electron chi connectivity index (χ2n) is 7.08. The summed E-state index contributed by atoms with van der Waals surface area (Å²) < 4.78 is 10.5. The number of fused-ring (bicyclic) bond motifs is 1. The van der Waals surface area contributed by atoms with Gasteiger partial charge in [-0.25, -0.2) is 9.59 Å². The van der Waals surface area contributed by atoms with Crippen LogP contribution in [0.5, 0.6) is 0 Å². The predicted octanol–water partition coefficient (Wildman–Crippen LogP) is 1.78. The normalized spacial score (nSPS) is 15.9. The number of hydrogen-bond acceptors (Lipinski definition) is 6. The molecule has 1 aliphatic heterocycles. The Kier molecular flexibility index (Phi) is 4.51. The summed E-state index contributed by atoms with van der Waals surface area (Å²) in [7, 11) is 0. The average molecular weight is 372 g/mol. The summed E-state index contributed by atoms with van der Waals surface area (Å²) in [5.74, 6) is -1.25. The molecule has 1 aromatic heterocycles. The van der Waals surface area contributed by atoms with Crippen molar-refractivity contribution in [1.29, 1.82) is 0 Å². The van der Waals surface area contributed by atoms with E-state index in [0.717, 1.165) is 16.0 Å². The first kappa shape index (κ1) is 18.6. The highest BCUT2D eigenvalue weighted by atomic mass is 16.5. The number of imide groups is 1. The third-order valence-electron chi connectivity index (χ3n) is 4.64. The Morgan fingerprint density at radius 1 is 1.22 bits per heavy atom. The maximum absolute atomic E-state index is 12.1. The lowest BCUT2D eigenvalue weighted by Gasteiger charge is -2.15. The second kappa shape index (κ2) is 6.53. The zero-order valence-corrected chi connectivity index (χ0v) is 15.5. The van der Waals surface area contributed by atoms with Gasteiger partial charge in [-0.1, -0.05) is 12.1 Å². The molecule has 0 aliphatic carbocycles. The van der Waals surface area contributed by atoms with E-state index in [1.807, 2.05) is 19.9 Å². The van der Waals surface area contributed by atoms with E-state index in [1.165, 1.54) is 6.07 Å². The summed E-state index contributed by atoms with van der Waals surface area (Å²) in [5.41, 5.74) is 1.15. The predicted molar refractivity (Wildman–Crippen MR) is 96.1 cm³/mol. The van der Waals surface area contributed by atoms with Crippen molar-refractivity contribution in [3.05, 3.63) is 45.3 Å². The minimum Gasteiger partial charge on any atom is -0.459 e. The first-order valence-corrected chi connectivity index (χ1v) is 8.43. The van der Waals surface area contributed by atoms with E-state index in [1.54, 1.807) is 19.9 Å². The van der Waals surface area contributed by atoms with Crippen LogP contribution in [-0.4, -0.2) is 34.9 Å². The minimum absolute atomic E-state index is 0.170. The van der Waals surface area contributed by atoms with Crippen LogP contribution in [0.15, 0.2) is 27.4 Å². The highest BCUT2D eigenvalue weighted by Crippen LogP contribution is 2.24. The molecule has 2 heterocycles. The second-order valence-corrected chi connectivity index (χ2v) is 7.08. The van der Waals surface area contributed by atoms with Gasteiger partial charge in [-0.05, 0) is 38.8 Å². The van der Waals surface area contributed by atoms with E-state index in [4.69, 9.17) is 9.15 Å². The van der Waals surface area contributed by atoms with Gasteiger partial charge in [-0.15, -0.1) is 0 Å². The fourth-order valence-corrected chi connectivity index (χ4v) is 2.94. The molecule has 2 aromatic rings. The Bertz CT molecular complexity index is 1020. The molecule has 8 heteroatoms. The molecule has 142 valence electrons. The van der Waals surface area contributed by atoms with E-state index < -0.39 is 35.6 Å². The highest BCUT2D eigenvalue weighted by Gasteiger charge is 2.45. The monoisotopic (exact) mass is 372 g/mol. The largest absolute Gasteiger partial charge is 0.459 e. The quantitative estimate of drug-likeness (QED) is 0.498. The molecule has 1 saturated heterocycles. The molecule has 1 fully saturated rings. The Labute approximate surface area is 155 Å². The van der Waals surface area contributed by atoms with Crippen molar-refractivity contribution in [1.82, 2.24) is 10.2 Å². The fourth-order valence-electron chi connectivity index (χ4n) is 2.94. The fraction of sp³-hybridized carbons (Fsp3) is 0.368. The number of carbonyl (C=O) groups is 3. The summed E-state index contributed by atoms with van der Waals surface area (Å²) in [4.78, 5) is 48.7. The minimum atomic E-state index is -1.05. The van der Waals surface area contributed by atoms with E-state index in [9.17, 15) is 19.2 Å². The SMILES string of the molecule is Cc1ccc2c(COC(=O)CN3C(=O)NC(C)(C)C3=O)cc(=O)oc2c1C. The van der Waals surface area contributed by atoms with Gasteiger partial charge in [0.05, 0.1) is 0 Å². The van der Waals surface area contributed by atoms with Crippen LogP contribution in [0.3, 0.4) is 0 Å². The number of urea groups is 1. The number of rotatable bonds is 4. The number of esters is 1. The van der Waals surface area contributed by atoms with Gasteiger partial charge < -0.3 is 14.5 Å². The van der Waals surface area contributed by atoms with E-state index in [2.05, 4.69) is 5.32 Å². The lowest BCUT2D eigenvalue weighted by Crippen LogP contribution is -2.41. The maximum atomic E-state index is 12.1. The Balaban J connectivity index is 1.77. The van der Waals surface area contributed by atoms with Gasteiger partial charge in [0.2, 0.25) is 0 Å². The molecule has 27 heavy (non-hydrogen) atoms. The van der Waals surface area contributed by atoms with Crippen molar-refractivity contribution in [2.24, 2.45) is 0 Å². The van der Waals surface area contributed by atoms with Crippen LogP contribution in [0.1, 0.15) is 30.5 Å². The third-order valence-corrected chi connectivity index (χ3v) is 4.64. The average Bonchev–Trinajstić information content (AvgIpc) is 2.78. The first-order chi connectivity index (χ1) is 12.6. The number of aryl methyl sites for hydroxylation is 2. The summed E-state index contributed by atoms with van der Waals surface area (Å²) >= 11 is 0. The van der Waals surface area contributed by atoms with Gasteiger partial charge in [-0.3, -0.25) is 14.5 Å². The van der Waals surface area contributed by atoms with Crippen LogP contribution in [0, 0.1) is 13.8 Å². The first-order valence-electron chi connectivity index (χ1n) is 8.43. The summed E-state index contributed by atoms with van der Waals surface area (Å²) in [5, 5.41) is 3.16. The van der Waals surface area contributed by atoms with Crippen LogP contribution >= 0.6 is 0 Å².